The van der Waals surface area contributed by atoms with Crippen LogP contribution in [0.25, 0.3) is 0 Å². The normalized spacial score (nSPS) is 11.3. The zero-order valence-corrected chi connectivity index (χ0v) is 12.8. The molecule has 23 heavy (non-hydrogen) atoms. The topological polar surface area (TPSA) is 93.5 Å². The van der Waals surface area contributed by atoms with Crippen LogP contribution in [0, 0.1) is 0 Å². The van der Waals surface area contributed by atoms with E-state index in [2.05, 4.69) is 10.6 Å². The van der Waals surface area contributed by atoms with Crippen molar-refractivity contribution in [1.82, 2.24) is 10.6 Å². The Hall–Kier alpha value is -3.02. The number of hydrogen-bond acceptors (Lipinski definition) is 3. The van der Waals surface area contributed by atoms with E-state index in [1.54, 1.807) is 6.92 Å². The molecule has 3 amide bonds. The summed E-state index contributed by atoms with van der Waals surface area (Å²) in [6.45, 7) is 1.85. The van der Waals surface area contributed by atoms with Gasteiger partial charge < -0.3 is 21.1 Å². The number of rotatable bonds is 6. The van der Waals surface area contributed by atoms with Crippen LogP contribution < -0.4 is 21.1 Å². The van der Waals surface area contributed by atoms with E-state index >= 15 is 0 Å². The molecule has 6 heteroatoms. The first-order valence-corrected chi connectivity index (χ1v) is 7.21. The molecule has 2 aromatic rings. The molecule has 0 fully saturated rings. The largest absolute Gasteiger partial charge is 0.457 e. The van der Waals surface area contributed by atoms with Gasteiger partial charge in [0.2, 0.25) is 5.91 Å². The maximum absolute atomic E-state index is 11.9. The Balaban J connectivity index is 2.00. The van der Waals surface area contributed by atoms with E-state index in [9.17, 15) is 9.59 Å². The Kier molecular flexibility index (Phi) is 5.57. The van der Waals surface area contributed by atoms with Crippen molar-refractivity contribution in [3.05, 3.63) is 60.2 Å². The van der Waals surface area contributed by atoms with Gasteiger partial charge in [-0.3, -0.25) is 4.79 Å². The van der Waals surface area contributed by atoms with Crippen LogP contribution >= 0.6 is 0 Å². The minimum atomic E-state index is -0.736. The second-order valence-corrected chi connectivity index (χ2v) is 4.97. The summed E-state index contributed by atoms with van der Waals surface area (Å²) in [4.78, 5) is 22.7. The number of benzene rings is 2. The highest BCUT2D eigenvalue weighted by Gasteiger charge is 2.14. The molecule has 2 aromatic carbocycles. The molecule has 2 rings (SSSR count). The van der Waals surface area contributed by atoms with Gasteiger partial charge in [-0.05, 0) is 25.1 Å². The number of urea groups is 1. The molecule has 0 saturated heterocycles. The van der Waals surface area contributed by atoms with Crippen LogP contribution in [0.15, 0.2) is 54.6 Å². The molecule has 0 aliphatic heterocycles. The molecular weight excluding hydrogens is 294 g/mol. The molecule has 0 aliphatic rings. The Bertz CT molecular complexity index is 674. The van der Waals surface area contributed by atoms with E-state index in [0.29, 0.717) is 5.75 Å². The fourth-order valence-electron chi connectivity index (χ4n) is 1.98. The summed E-state index contributed by atoms with van der Waals surface area (Å²) < 4.78 is 5.83. The third-order valence-corrected chi connectivity index (χ3v) is 3.15. The standard InChI is InChI=1S/C17H19N3O3/c1-12(20-17(18)22)16(21)19-11-13-7-5-6-10-15(13)23-14-8-3-2-4-9-14/h2-10,12H,11H2,1H3,(H,19,21)(H3,18,20,22). The zero-order chi connectivity index (χ0) is 16.7. The van der Waals surface area contributed by atoms with Gasteiger partial charge in [-0.2, -0.15) is 0 Å². The number of nitrogens with one attached hydrogen (secondary N) is 2. The first-order chi connectivity index (χ1) is 11.1. The summed E-state index contributed by atoms with van der Waals surface area (Å²) in [6.07, 6.45) is 0. The zero-order valence-electron chi connectivity index (χ0n) is 12.8. The smallest absolute Gasteiger partial charge is 0.312 e. The minimum absolute atomic E-state index is 0.284. The fourth-order valence-corrected chi connectivity index (χ4v) is 1.98. The van der Waals surface area contributed by atoms with Gasteiger partial charge in [-0.1, -0.05) is 36.4 Å². The summed E-state index contributed by atoms with van der Waals surface area (Å²) >= 11 is 0. The number of hydrogen-bond donors (Lipinski definition) is 3. The molecule has 1 atom stereocenters. The molecule has 120 valence electrons. The van der Waals surface area contributed by atoms with Gasteiger partial charge in [0.15, 0.2) is 0 Å². The van der Waals surface area contributed by atoms with Crippen LogP contribution in [0.1, 0.15) is 12.5 Å². The maximum Gasteiger partial charge on any atom is 0.312 e. The van der Waals surface area contributed by atoms with E-state index in [1.807, 2.05) is 54.6 Å². The van der Waals surface area contributed by atoms with Crippen molar-refractivity contribution >= 4 is 11.9 Å². The molecule has 0 aromatic heterocycles. The number of carbonyl (C=O) groups excluding carboxylic acids is 2. The molecule has 0 saturated carbocycles. The predicted molar refractivity (Wildman–Crippen MR) is 87.0 cm³/mol. The first-order valence-electron chi connectivity index (χ1n) is 7.21. The monoisotopic (exact) mass is 313 g/mol. The average molecular weight is 313 g/mol. The third-order valence-electron chi connectivity index (χ3n) is 3.15. The van der Waals surface area contributed by atoms with E-state index in [-0.39, 0.29) is 12.5 Å². The summed E-state index contributed by atoms with van der Waals surface area (Å²) in [6, 6.07) is 15.4. The number of primary amides is 1. The number of carbonyl (C=O) groups is 2. The van der Waals surface area contributed by atoms with Crippen LogP contribution in [-0.4, -0.2) is 18.0 Å². The van der Waals surface area contributed by atoms with Crippen molar-refractivity contribution in [3.63, 3.8) is 0 Å². The van der Waals surface area contributed by atoms with Crippen LogP contribution in [0.3, 0.4) is 0 Å². The molecule has 1 unspecified atom stereocenters. The van der Waals surface area contributed by atoms with Gasteiger partial charge in [0.1, 0.15) is 17.5 Å². The molecule has 0 bridgehead atoms. The summed E-state index contributed by atoms with van der Waals surface area (Å²) in [7, 11) is 0. The SMILES string of the molecule is CC(NC(N)=O)C(=O)NCc1ccccc1Oc1ccccc1. The number of nitrogens with two attached hydrogens (primary N) is 1. The van der Waals surface area contributed by atoms with Crippen LogP contribution in [0.2, 0.25) is 0 Å². The second-order valence-electron chi connectivity index (χ2n) is 4.97. The van der Waals surface area contributed by atoms with Crippen molar-refractivity contribution in [1.29, 1.82) is 0 Å². The number of amides is 3. The van der Waals surface area contributed by atoms with Crippen LogP contribution in [0.5, 0.6) is 11.5 Å². The molecular formula is C17H19N3O3. The fraction of sp³-hybridized carbons (Fsp3) is 0.176. The lowest BCUT2D eigenvalue weighted by molar-refractivity contribution is -0.122. The molecule has 0 spiro atoms. The Labute approximate surface area is 134 Å². The van der Waals surface area contributed by atoms with Crippen LogP contribution in [0.4, 0.5) is 4.79 Å². The summed E-state index contributed by atoms with van der Waals surface area (Å²) in [5, 5.41) is 5.07. The van der Waals surface area contributed by atoms with Crippen LogP contribution in [-0.2, 0) is 11.3 Å². The third kappa shape index (κ3) is 5.03. The molecule has 0 heterocycles. The number of para-hydroxylation sites is 2. The molecule has 4 N–H and O–H groups in total. The van der Waals surface area contributed by atoms with E-state index < -0.39 is 12.1 Å². The van der Waals surface area contributed by atoms with Crippen molar-refractivity contribution in [3.8, 4) is 11.5 Å². The lowest BCUT2D eigenvalue weighted by Gasteiger charge is -2.14. The van der Waals surface area contributed by atoms with E-state index in [1.165, 1.54) is 0 Å². The lowest BCUT2D eigenvalue weighted by Crippen LogP contribution is -2.46. The van der Waals surface area contributed by atoms with Gasteiger partial charge in [0, 0.05) is 12.1 Å². The molecule has 0 radical (unpaired) electrons. The van der Waals surface area contributed by atoms with Gasteiger partial charge in [-0.25, -0.2) is 4.79 Å². The minimum Gasteiger partial charge on any atom is -0.457 e. The van der Waals surface area contributed by atoms with Crippen molar-refractivity contribution in [2.24, 2.45) is 5.73 Å². The average Bonchev–Trinajstić information content (AvgIpc) is 2.54. The van der Waals surface area contributed by atoms with Gasteiger partial charge >= 0.3 is 6.03 Å². The van der Waals surface area contributed by atoms with E-state index in [4.69, 9.17) is 10.5 Å². The van der Waals surface area contributed by atoms with Gasteiger partial charge in [0.05, 0.1) is 0 Å². The Morgan fingerprint density at radius 1 is 1.09 bits per heavy atom. The van der Waals surface area contributed by atoms with Gasteiger partial charge in [0.25, 0.3) is 0 Å². The molecule has 6 nitrogen and oxygen atoms in total. The summed E-state index contributed by atoms with van der Waals surface area (Å²) in [5.74, 6) is 1.06. The predicted octanol–water partition coefficient (Wildman–Crippen LogP) is 2.15. The molecule has 0 aliphatic carbocycles. The number of ether oxygens (including phenoxy) is 1. The quantitative estimate of drug-likeness (QED) is 0.763. The lowest BCUT2D eigenvalue weighted by atomic mass is 10.2. The highest BCUT2D eigenvalue weighted by atomic mass is 16.5. The Morgan fingerprint density at radius 2 is 1.74 bits per heavy atom. The second kappa shape index (κ2) is 7.84. The highest BCUT2D eigenvalue weighted by Crippen LogP contribution is 2.24. The van der Waals surface area contributed by atoms with E-state index in [0.717, 1.165) is 11.3 Å². The van der Waals surface area contributed by atoms with Gasteiger partial charge in [-0.15, -0.1) is 0 Å². The first kappa shape index (κ1) is 16.4. The van der Waals surface area contributed by atoms with Crippen molar-refractivity contribution in [2.45, 2.75) is 19.5 Å². The summed E-state index contributed by atoms with van der Waals surface area (Å²) in [5.41, 5.74) is 5.83. The van der Waals surface area contributed by atoms with Crippen molar-refractivity contribution in [2.75, 3.05) is 0 Å². The highest BCUT2D eigenvalue weighted by molar-refractivity contribution is 5.86. The van der Waals surface area contributed by atoms with Crippen molar-refractivity contribution < 1.29 is 14.3 Å². The maximum atomic E-state index is 11.9. The Morgan fingerprint density at radius 3 is 2.43 bits per heavy atom.